The number of thiazole rings is 1. The monoisotopic (exact) mass is 554 g/mol. The predicted octanol–water partition coefficient (Wildman–Crippen LogP) is 4.77. The first kappa shape index (κ1) is 27.5. The number of halogens is 2. The number of esters is 1. The van der Waals surface area contributed by atoms with Crippen LogP contribution in [0, 0.1) is 5.82 Å². The van der Waals surface area contributed by atoms with Gasteiger partial charge in [0, 0.05) is 34.7 Å². The number of amides is 1. The van der Waals surface area contributed by atoms with Gasteiger partial charge >= 0.3 is 12.1 Å². The highest BCUT2D eigenvalue weighted by Crippen LogP contribution is 2.31. The number of nitrogens with zero attached hydrogens (tertiary/aromatic N) is 3. The Labute approximate surface area is 211 Å². The van der Waals surface area contributed by atoms with Gasteiger partial charge < -0.3 is 19.7 Å². The summed E-state index contributed by atoms with van der Waals surface area (Å²) in [6.45, 7) is 6.84. The topological polar surface area (TPSA) is 93.1 Å². The Morgan fingerprint density at radius 3 is 2.68 bits per heavy atom. The Bertz CT molecular complexity index is 1010. The minimum Gasteiger partial charge on any atom is -0.463 e. The van der Waals surface area contributed by atoms with Crippen molar-refractivity contribution in [2.75, 3.05) is 26.8 Å². The van der Waals surface area contributed by atoms with Crippen LogP contribution < -0.4 is 5.32 Å². The summed E-state index contributed by atoms with van der Waals surface area (Å²) >= 11 is 4.61. The van der Waals surface area contributed by atoms with E-state index in [2.05, 4.69) is 36.0 Å². The normalized spacial score (nSPS) is 16.2. The van der Waals surface area contributed by atoms with Crippen LogP contribution in [0.3, 0.4) is 0 Å². The number of benzene rings is 1. The van der Waals surface area contributed by atoms with Gasteiger partial charge in [0.25, 0.3) is 0 Å². The molecule has 11 heteroatoms. The largest absolute Gasteiger partial charge is 0.463 e. The minimum atomic E-state index is -0.495. The van der Waals surface area contributed by atoms with Gasteiger partial charge in [0.1, 0.15) is 5.82 Å². The van der Waals surface area contributed by atoms with Crippen LogP contribution in [0.25, 0.3) is 0 Å². The number of methoxy groups -OCH3 is 1. The van der Waals surface area contributed by atoms with Crippen molar-refractivity contribution < 1.29 is 23.5 Å². The number of fused-ring (bicyclic) bond motifs is 1. The molecule has 34 heavy (non-hydrogen) atoms. The smallest absolute Gasteiger partial charge is 0.407 e. The molecule has 3 heterocycles. The average Bonchev–Trinajstić information content (AvgIpc) is 3.50. The number of aliphatic imine (C=N–C) groups is 1. The second-order valence-electron chi connectivity index (χ2n) is 6.71. The van der Waals surface area contributed by atoms with Crippen molar-refractivity contribution >= 4 is 45.2 Å². The molecule has 1 N–H and O–H groups in total. The highest BCUT2D eigenvalue weighted by Gasteiger charge is 2.38. The maximum atomic E-state index is 12.2. The van der Waals surface area contributed by atoms with E-state index in [1.165, 1.54) is 30.6 Å². The summed E-state index contributed by atoms with van der Waals surface area (Å²) in [7, 11) is 1.32. The summed E-state index contributed by atoms with van der Waals surface area (Å²) in [5, 5.41) is 5.44. The summed E-state index contributed by atoms with van der Waals surface area (Å²) in [5.41, 5.74) is 1.36. The Morgan fingerprint density at radius 1 is 1.35 bits per heavy atom. The van der Waals surface area contributed by atoms with Gasteiger partial charge in [-0.05, 0) is 25.1 Å². The zero-order chi connectivity index (χ0) is 25.1. The summed E-state index contributed by atoms with van der Waals surface area (Å²) in [5.74, 6) is 0.153. The molecule has 0 saturated carbocycles. The van der Waals surface area contributed by atoms with E-state index in [9.17, 15) is 14.0 Å². The molecule has 184 valence electrons. The van der Waals surface area contributed by atoms with E-state index >= 15 is 0 Å². The summed E-state index contributed by atoms with van der Waals surface area (Å²) in [6, 6.07) is 6.09. The molecular weight excluding hydrogens is 527 g/mol. The highest BCUT2D eigenvalue weighted by atomic mass is 79.9. The Balaban J connectivity index is 0.000000343. The molecule has 2 aromatic rings. The van der Waals surface area contributed by atoms with Crippen molar-refractivity contribution in [3.63, 3.8) is 0 Å². The van der Waals surface area contributed by atoms with Crippen LogP contribution in [-0.2, 0) is 14.3 Å². The van der Waals surface area contributed by atoms with E-state index in [1.54, 1.807) is 25.3 Å². The van der Waals surface area contributed by atoms with Crippen molar-refractivity contribution in [1.82, 2.24) is 15.2 Å². The number of rotatable bonds is 4. The van der Waals surface area contributed by atoms with Crippen LogP contribution in [-0.4, -0.2) is 60.6 Å². The van der Waals surface area contributed by atoms with E-state index in [0.29, 0.717) is 25.1 Å². The van der Waals surface area contributed by atoms with Crippen LogP contribution in [0.4, 0.5) is 9.18 Å². The van der Waals surface area contributed by atoms with E-state index in [0.717, 1.165) is 21.0 Å². The zero-order valence-electron chi connectivity index (χ0n) is 19.5. The van der Waals surface area contributed by atoms with Gasteiger partial charge in [-0.2, -0.15) is 0 Å². The maximum Gasteiger partial charge on any atom is 0.407 e. The quantitative estimate of drug-likeness (QED) is 0.547. The number of amidine groups is 1. The first-order chi connectivity index (χ1) is 16.4. The molecule has 1 amide bonds. The summed E-state index contributed by atoms with van der Waals surface area (Å²) in [4.78, 5) is 34.5. The number of alkyl carbamates (subject to hydrolysis) is 1. The number of nitrogens with one attached hydrogen (secondary N) is 1. The van der Waals surface area contributed by atoms with Gasteiger partial charge in [-0.15, -0.1) is 11.3 Å². The molecule has 1 fully saturated rings. The van der Waals surface area contributed by atoms with Crippen molar-refractivity contribution in [3.8, 4) is 0 Å². The third-order valence-electron chi connectivity index (χ3n) is 4.60. The third-order valence-corrected chi connectivity index (χ3v) is 5.86. The van der Waals surface area contributed by atoms with Gasteiger partial charge in [0.05, 0.1) is 31.9 Å². The predicted molar refractivity (Wildman–Crippen MR) is 133 cm³/mol. The molecule has 8 nitrogen and oxygen atoms in total. The van der Waals surface area contributed by atoms with Crippen molar-refractivity contribution in [2.45, 2.75) is 33.2 Å². The van der Waals surface area contributed by atoms with E-state index < -0.39 is 6.09 Å². The molecule has 2 aliphatic rings. The Hall–Kier alpha value is -2.79. The summed E-state index contributed by atoms with van der Waals surface area (Å²) < 4.78 is 22.7. The summed E-state index contributed by atoms with van der Waals surface area (Å²) in [6.07, 6.45) is 1.74. The minimum absolute atomic E-state index is 0.167. The maximum absolute atomic E-state index is 12.2. The number of hydrogen-bond donors (Lipinski definition) is 1. The van der Waals surface area contributed by atoms with Crippen LogP contribution >= 0.6 is 27.3 Å². The first-order valence-corrected chi connectivity index (χ1v) is 12.5. The third kappa shape index (κ3) is 7.36. The number of carbonyl (C=O) groups is 2. The molecular formula is C23H28BrFN4O4S. The molecule has 1 aromatic heterocycles. The lowest BCUT2D eigenvalue weighted by molar-refractivity contribution is -0.138. The van der Waals surface area contributed by atoms with Gasteiger partial charge in [0.2, 0.25) is 0 Å². The lowest BCUT2D eigenvalue weighted by Crippen LogP contribution is -2.39. The zero-order valence-corrected chi connectivity index (χ0v) is 21.9. The Kier molecular flexibility index (Phi) is 11.1. The molecule has 1 saturated heterocycles. The molecule has 1 aromatic carbocycles. The lowest BCUT2D eigenvalue weighted by atomic mass is 10.1. The van der Waals surface area contributed by atoms with E-state index in [1.807, 2.05) is 24.1 Å². The molecule has 2 aliphatic heterocycles. The van der Waals surface area contributed by atoms with Crippen molar-refractivity contribution in [3.05, 3.63) is 62.4 Å². The molecule has 0 spiro atoms. The van der Waals surface area contributed by atoms with Gasteiger partial charge in [-0.1, -0.05) is 35.8 Å². The van der Waals surface area contributed by atoms with Gasteiger partial charge in [-0.25, -0.2) is 19.0 Å². The van der Waals surface area contributed by atoms with Crippen LogP contribution in [0.1, 0.15) is 32.2 Å². The number of hydrogen-bond acceptors (Lipinski definition) is 8. The number of aromatic nitrogens is 1. The molecule has 1 unspecified atom stereocenters. The van der Waals surface area contributed by atoms with Crippen molar-refractivity contribution in [1.29, 1.82) is 0 Å². The fourth-order valence-electron chi connectivity index (χ4n) is 3.27. The first-order valence-electron chi connectivity index (χ1n) is 10.8. The van der Waals surface area contributed by atoms with E-state index in [-0.39, 0.29) is 24.4 Å². The molecule has 0 radical (unpaired) electrons. The SMILES string of the molecule is CC.CCOC(=O)C1=C2CC(NC(=O)OC)CN2C(c2nccs2)=NC1.Fc1cccc(Br)c1. The fourth-order valence-corrected chi connectivity index (χ4v) is 4.29. The lowest BCUT2D eigenvalue weighted by Gasteiger charge is -2.26. The van der Waals surface area contributed by atoms with Crippen LogP contribution in [0.2, 0.25) is 0 Å². The number of carbonyl (C=O) groups excluding carboxylic acids is 2. The second-order valence-corrected chi connectivity index (χ2v) is 8.52. The molecule has 4 rings (SSSR count). The Morgan fingerprint density at radius 2 is 2.12 bits per heavy atom. The van der Waals surface area contributed by atoms with Crippen LogP contribution in [0.5, 0.6) is 0 Å². The molecule has 1 atom stereocenters. The van der Waals surface area contributed by atoms with E-state index in [4.69, 9.17) is 4.74 Å². The average molecular weight is 555 g/mol. The highest BCUT2D eigenvalue weighted by molar-refractivity contribution is 9.10. The van der Waals surface area contributed by atoms with Crippen LogP contribution in [0.15, 0.2) is 56.6 Å². The van der Waals surface area contributed by atoms with Gasteiger partial charge in [0.15, 0.2) is 10.8 Å². The van der Waals surface area contributed by atoms with Crippen molar-refractivity contribution in [2.24, 2.45) is 4.99 Å². The standard InChI is InChI=1S/C15H18N4O4S.C6H4BrF.C2H6/c1-3-23-14(20)10-7-17-12(13-16-4-5-24-13)19-8-9(6-11(10)19)18-15(21)22-2;7-5-2-1-3-6(8)4-5;1-2/h4-5,9H,3,6-8H2,1-2H3,(H,18,21);1-4H;1-2H3. The molecule has 0 bridgehead atoms. The van der Waals surface area contributed by atoms with Gasteiger partial charge in [-0.3, -0.25) is 4.99 Å². The number of ether oxygens (including phenoxy) is 2. The molecule has 0 aliphatic carbocycles. The second kappa shape index (κ2) is 13.8. The fraction of sp³-hybridized carbons (Fsp3) is 0.391.